The molecule has 1 fully saturated rings. The molecule has 0 aliphatic heterocycles. The number of benzene rings is 2. The molecule has 0 bridgehead atoms. The van der Waals surface area contributed by atoms with Crippen molar-refractivity contribution in [2.45, 2.75) is 52.0 Å². The molecule has 1 heterocycles. The van der Waals surface area contributed by atoms with Gasteiger partial charge in [0.25, 0.3) is 0 Å². The van der Waals surface area contributed by atoms with Gasteiger partial charge in [-0.1, -0.05) is 57.4 Å². The van der Waals surface area contributed by atoms with E-state index in [1.165, 1.54) is 30.4 Å². The van der Waals surface area contributed by atoms with Crippen LogP contribution in [0.3, 0.4) is 0 Å². The topological polar surface area (TPSA) is 36.3 Å². The van der Waals surface area contributed by atoms with Crippen molar-refractivity contribution in [2.24, 2.45) is 5.92 Å². The Morgan fingerprint density at radius 2 is 1.90 bits per heavy atom. The zero-order valence-corrected chi connectivity index (χ0v) is 20.0. The fraction of sp³-hybridized carbons (Fsp3) is 0.480. The van der Waals surface area contributed by atoms with Crippen LogP contribution in [0.5, 0.6) is 5.75 Å². The molecule has 1 aromatic heterocycles. The first-order valence-corrected chi connectivity index (χ1v) is 11.7. The fourth-order valence-electron chi connectivity index (χ4n) is 4.25. The van der Waals surface area contributed by atoms with Crippen molar-refractivity contribution < 1.29 is 9.47 Å². The molecule has 0 unspecified atom stereocenters. The summed E-state index contributed by atoms with van der Waals surface area (Å²) in [4.78, 5) is 5.11. The van der Waals surface area contributed by atoms with Crippen LogP contribution in [0.25, 0.3) is 22.4 Å². The first-order valence-electron chi connectivity index (χ1n) is 10.9. The Kier molecular flexibility index (Phi) is 6.49. The summed E-state index contributed by atoms with van der Waals surface area (Å²) >= 11 is 3.88. The summed E-state index contributed by atoms with van der Waals surface area (Å²) < 4.78 is 14.6. The minimum Gasteiger partial charge on any atom is -0.494 e. The highest BCUT2D eigenvalue weighted by Gasteiger charge is 2.24. The normalized spacial score (nSPS) is 14.5. The molecule has 160 valence electrons. The van der Waals surface area contributed by atoms with Crippen LogP contribution in [-0.2, 0) is 17.7 Å². The Hall–Kier alpha value is -1.85. The second kappa shape index (κ2) is 9.11. The maximum atomic E-state index is 5.85. The molecule has 4 nitrogen and oxygen atoms in total. The first-order chi connectivity index (χ1) is 14.5. The van der Waals surface area contributed by atoms with Crippen molar-refractivity contribution >= 4 is 27.0 Å². The number of imidazole rings is 1. The lowest BCUT2D eigenvalue weighted by atomic mass is 9.81. The lowest BCUT2D eigenvalue weighted by molar-refractivity contribution is 0.188. The van der Waals surface area contributed by atoms with E-state index in [1.807, 2.05) is 0 Å². The van der Waals surface area contributed by atoms with Gasteiger partial charge in [-0.05, 0) is 51.4 Å². The number of nitrogens with zero attached hydrogens (tertiary/aromatic N) is 2. The Balaban J connectivity index is 1.87. The summed E-state index contributed by atoms with van der Waals surface area (Å²) in [6, 6.07) is 11.0. The third-order valence-corrected chi connectivity index (χ3v) is 7.19. The largest absolute Gasteiger partial charge is 0.494 e. The minimum absolute atomic E-state index is 0.509. The Labute approximate surface area is 187 Å². The van der Waals surface area contributed by atoms with Gasteiger partial charge in [0.2, 0.25) is 0 Å². The van der Waals surface area contributed by atoms with Crippen LogP contribution >= 0.6 is 15.9 Å². The van der Waals surface area contributed by atoms with Crippen LogP contribution in [0.2, 0.25) is 0 Å². The molecular formula is C25H31BrN2O2. The molecule has 0 spiro atoms. The fourth-order valence-corrected chi connectivity index (χ4v) is 4.80. The van der Waals surface area contributed by atoms with Crippen LogP contribution in [0.1, 0.15) is 50.2 Å². The SMILES string of the molecule is COCCn1c(-c2ccc(C(C)C)cc2)nc2c(Br)c(CC3CCC3)cc(OC)c21. The highest BCUT2D eigenvalue weighted by Crippen LogP contribution is 2.40. The van der Waals surface area contributed by atoms with Gasteiger partial charge in [0.15, 0.2) is 0 Å². The predicted molar refractivity (Wildman–Crippen MR) is 126 cm³/mol. The third kappa shape index (κ3) is 4.02. The Morgan fingerprint density at radius 3 is 2.47 bits per heavy atom. The van der Waals surface area contributed by atoms with Gasteiger partial charge in [0.1, 0.15) is 22.6 Å². The zero-order valence-electron chi connectivity index (χ0n) is 18.4. The van der Waals surface area contributed by atoms with Gasteiger partial charge in [-0.25, -0.2) is 4.98 Å². The van der Waals surface area contributed by atoms with Gasteiger partial charge < -0.3 is 14.0 Å². The van der Waals surface area contributed by atoms with Crippen LogP contribution < -0.4 is 4.74 Å². The molecule has 1 aliphatic rings. The highest BCUT2D eigenvalue weighted by atomic mass is 79.9. The quantitative estimate of drug-likeness (QED) is 0.372. The van der Waals surface area contributed by atoms with Crippen molar-refractivity contribution in [3.63, 3.8) is 0 Å². The molecule has 0 radical (unpaired) electrons. The minimum atomic E-state index is 0.509. The highest BCUT2D eigenvalue weighted by molar-refractivity contribution is 9.10. The number of fused-ring (bicyclic) bond motifs is 1. The van der Waals surface area contributed by atoms with Gasteiger partial charge >= 0.3 is 0 Å². The standard InChI is InChI=1S/C25H31BrN2O2/c1-16(2)18-8-10-19(11-9-18)25-27-23-22(26)20(14-17-6-5-7-17)15-21(30-4)24(23)28(25)12-13-29-3/h8-11,15-17H,5-7,12-14H2,1-4H3. The molecule has 1 aliphatic carbocycles. The number of methoxy groups -OCH3 is 2. The van der Waals surface area contributed by atoms with Crippen molar-refractivity contribution in [3.8, 4) is 17.1 Å². The number of halogens is 1. The van der Waals surface area contributed by atoms with Crippen molar-refractivity contribution in [1.82, 2.24) is 9.55 Å². The van der Waals surface area contributed by atoms with E-state index in [0.29, 0.717) is 12.5 Å². The molecule has 0 atom stereocenters. The van der Waals surface area contributed by atoms with E-state index in [0.717, 1.165) is 51.5 Å². The average Bonchev–Trinajstić information content (AvgIpc) is 3.10. The summed E-state index contributed by atoms with van der Waals surface area (Å²) in [5, 5.41) is 0. The van der Waals surface area contributed by atoms with E-state index in [1.54, 1.807) is 14.2 Å². The number of hydrogen-bond donors (Lipinski definition) is 0. The van der Waals surface area contributed by atoms with Crippen LogP contribution in [0.15, 0.2) is 34.8 Å². The molecule has 0 N–H and O–H groups in total. The van der Waals surface area contributed by atoms with E-state index in [9.17, 15) is 0 Å². The van der Waals surface area contributed by atoms with E-state index in [-0.39, 0.29) is 0 Å². The van der Waals surface area contributed by atoms with E-state index in [4.69, 9.17) is 14.5 Å². The Morgan fingerprint density at radius 1 is 1.17 bits per heavy atom. The van der Waals surface area contributed by atoms with E-state index in [2.05, 4.69) is 64.7 Å². The molecule has 1 saturated carbocycles. The van der Waals surface area contributed by atoms with E-state index < -0.39 is 0 Å². The molecule has 30 heavy (non-hydrogen) atoms. The lowest BCUT2D eigenvalue weighted by Gasteiger charge is -2.26. The van der Waals surface area contributed by atoms with Gasteiger partial charge in [-0.3, -0.25) is 0 Å². The smallest absolute Gasteiger partial charge is 0.145 e. The van der Waals surface area contributed by atoms with Crippen LogP contribution in [-0.4, -0.2) is 30.4 Å². The number of hydrogen-bond acceptors (Lipinski definition) is 3. The summed E-state index contributed by atoms with van der Waals surface area (Å²) in [7, 11) is 3.49. The molecule has 0 saturated heterocycles. The van der Waals surface area contributed by atoms with Crippen molar-refractivity contribution in [1.29, 1.82) is 0 Å². The van der Waals surface area contributed by atoms with Gasteiger partial charge in [-0.2, -0.15) is 0 Å². The number of ether oxygens (including phenoxy) is 2. The third-order valence-electron chi connectivity index (χ3n) is 6.30. The molecule has 4 rings (SSSR count). The second-order valence-electron chi connectivity index (χ2n) is 8.61. The molecule has 2 aromatic carbocycles. The lowest BCUT2D eigenvalue weighted by Crippen LogP contribution is -2.14. The summed E-state index contributed by atoms with van der Waals surface area (Å²) in [6.45, 7) is 5.77. The number of aromatic nitrogens is 2. The first kappa shape index (κ1) is 21.4. The van der Waals surface area contributed by atoms with Crippen molar-refractivity contribution in [3.05, 3.63) is 45.9 Å². The molecule has 0 amide bonds. The summed E-state index contributed by atoms with van der Waals surface area (Å²) in [5.41, 5.74) is 5.74. The van der Waals surface area contributed by atoms with Gasteiger partial charge in [-0.15, -0.1) is 0 Å². The number of rotatable bonds is 8. The summed E-state index contributed by atoms with van der Waals surface area (Å²) in [5.74, 6) is 3.13. The second-order valence-corrected chi connectivity index (χ2v) is 9.40. The zero-order chi connectivity index (χ0) is 21.3. The maximum Gasteiger partial charge on any atom is 0.145 e. The summed E-state index contributed by atoms with van der Waals surface area (Å²) in [6.07, 6.45) is 5.07. The van der Waals surface area contributed by atoms with Gasteiger partial charge in [0, 0.05) is 23.7 Å². The van der Waals surface area contributed by atoms with Crippen LogP contribution in [0, 0.1) is 5.92 Å². The average molecular weight is 471 g/mol. The van der Waals surface area contributed by atoms with Crippen molar-refractivity contribution in [2.75, 3.05) is 20.8 Å². The van der Waals surface area contributed by atoms with E-state index >= 15 is 0 Å². The monoisotopic (exact) mass is 470 g/mol. The molecule has 5 heteroatoms. The Bertz CT molecular complexity index is 1020. The van der Waals surface area contributed by atoms with Gasteiger partial charge in [0.05, 0.1) is 13.7 Å². The van der Waals surface area contributed by atoms with Crippen LogP contribution in [0.4, 0.5) is 0 Å². The predicted octanol–water partition coefficient (Wildman–Crippen LogP) is 6.59. The molecule has 3 aromatic rings. The molecular weight excluding hydrogens is 440 g/mol. The maximum absolute atomic E-state index is 5.85.